The first-order chi connectivity index (χ1) is 16.9. The maximum absolute atomic E-state index is 12.6. The van der Waals surface area contributed by atoms with Crippen molar-refractivity contribution in [1.82, 2.24) is 9.88 Å². The molecule has 2 heterocycles. The van der Waals surface area contributed by atoms with E-state index in [1.54, 1.807) is 18.0 Å². The summed E-state index contributed by atoms with van der Waals surface area (Å²) >= 11 is 1.74. The number of hydrogen-bond donors (Lipinski definition) is 1. The molecule has 0 spiro atoms. The smallest absolute Gasteiger partial charge is 0.490 e. The van der Waals surface area contributed by atoms with Gasteiger partial charge in [-0.1, -0.05) is 32.9 Å². The summed E-state index contributed by atoms with van der Waals surface area (Å²) < 4.78 is 37.7. The van der Waals surface area contributed by atoms with Gasteiger partial charge in [0.05, 0.1) is 18.5 Å². The number of carbonyl (C=O) groups is 2. The highest BCUT2D eigenvalue weighted by Gasteiger charge is 2.38. The van der Waals surface area contributed by atoms with Gasteiger partial charge in [-0.2, -0.15) is 13.2 Å². The van der Waals surface area contributed by atoms with Gasteiger partial charge < -0.3 is 14.7 Å². The number of carboxylic acids is 1. The minimum atomic E-state index is -5.08. The fourth-order valence-electron chi connectivity index (χ4n) is 3.49. The number of alkyl halides is 3. The number of ether oxygens (including phenoxy) is 1. The molecular formula is C26H33F3N2O4S. The van der Waals surface area contributed by atoms with Crippen molar-refractivity contribution >= 4 is 23.6 Å². The Hall–Kier alpha value is -2.75. The van der Waals surface area contributed by atoms with Gasteiger partial charge in [0, 0.05) is 29.0 Å². The van der Waals surface area contributed by atoms with Crippen LogP contribution in [-0.2, 0) is 9.59 Å². The summed E-state index contributed by atoms with van der Waals surface area (Å²) in [4.78, 5) is 29.3. The third-order valence-corrected chi connectivity index (χ3v) is 6.96. The summed E-state index contributed by atoms with van der Waals surface area (Å²) in [5.41, 5.74) is 1.81. The average Bonchev–Trinajstić information content (AvgIpc) is 2.87. The van der Waals surface area contributed by atoms with Crippen LogP contribution in [0, 0.1) is 11.3 Å². The van der Waals surface area contributed by atoms with E-state index in [0.717, 1.165) is 49.4 Å². The van der Waals surface area contributed by atoms with Crippen LogP contribution in [0.15, 0.2) is 47.5 Å². The Morgan fingerprint density at radius 2 is 1.69 bits per heavy atom. The van der Waals surface area contributed by atoms with Gasteiger partial charge in [-0.3, -0.25) is 9.78 Å². The number of benzene rings is 1. The molecule has 1 N–H and O–H groups in total. The van der Waals surface area contributed by atoms with Crippen LogP contribution in [-0.4, -0.2) is 59.0 Å². The van der Waals surface area contributed by atoms with Crippen molar-refractivity contribution in [2.45, 2.75) is 51.1 Å². The van der Waals surface area contributed by atoms with Crippen LogP contribution in [0.5, 0.6) is 5.75 Å². The molecule has 1 aromatic heterocycles. The van der Waals surface area contributed by atoms with E-state index in [1.807, 2.05) is 30.9 Å². The Balaban J connectivity index is 0.000000572. The fraction of sp³-hybridized carbons (Fsp3) is 0.500. The number of carbonyl (C=O) groups excluding carboxylic acids is 1. The van der Waals surface area contributed by atoms with E-state index in [-0.39, 0.29) is 11.3 Å². The zero-order valence-corrected chi connectivity index (χ0v) is 21.8. The molecule has 1 saturated heterocycles. The maximum Gasteiger partial charge on any atom is 0.490 e. The SMILES string of the molecule is CCC(C)(C)C(=O)N1CCC(COc2ccc(-c3ccc(SC)cc3)nc2)CC1.O=C(O)C(F)(F)F. The van der Waals surface area contributed by atoms with E-state index in [9.17, 15) is 18.0 Å². The molecule has 0 aliphatic carbocycles. The second-order valence-electron chi connectivity index (χ2n) is 9.19. The first-order valence-corrected chi connectivity index (χ1v) is 12.9. The molecule has 1 aromatic carbocycles. The zero-order chi connectivity index (χ0) is 26.9. The molecule has 198 valence electrons. The molecule has 2 aromatic rings. The second kappa shape index (κ2) is 13.0. The maximum atomic E-state index is 12.6. The first kappa shape index (κ1) is 29.5. The molecule has 6 nitrogen and oxygen atoms in total. The Bertz CT molecular complexity index is 988. The highest BCUT2D eigenvalue weighted by molar-refractivity contribution is 7.98. The van der Waals surface area contributed by atoms with Gasteiger partial charge in [0.15, 0.2) is 0 Å². The van der Waals surface area contributed by atoms with Crippen LogP contribution in [0.2, 0.25) is 0 Å². The van der Waals surface area contributed by atoms with Gasteiger partial charge >= 0.3 is 12.1 Å². The number of likely N-dealkylation sites (tertiary alicyclic amines) is 1. The first-order valence-electron chi connectivity index (χ1n) is 11.7. The van der Waals surface area contributed by atoms with E-state index in [4.69, 9.17) is 14.6 Å². The number of amides is 1. The fourth-order valence-corrected chi connectivity index (χ4v) is 3.90. The van der Waals surface area contributed by atoms with Crippen LogP contribution in [0.3, 0.4) is 0 Å². The standard InChI is InChI=1S/C24H32N2O2S.C2HF3O2/c1-5-24(2,3)23(27)26-14-12-18(13-15-26)17-28-20-8-11-22(25-16-20)19-6-9-21(29-4)10-7-19;3-2(4,5)1(6)7/h6-11,16,18H,5,12-15,17H2,1-4H3;(H,6,7). The number of thioether (sulfide) groups is 1. The molecule has 1 fully saturated rings. The Kier molecular flexibility index (Phi) is 10.6. The Morgan fingerprint density at radius 1 is 1.11 bits per heavy atom. The third-order valence-electron chi connectivity index (χ3n) is 6.21. The topological polar surface area (TPSA) is 79.7 Å². The molecule has 0 radical (unpaired) electrons. The monoisotopic (exact) mass is 526 g/mol. The second-order valence-corrected chi connectivity index (χ2v) is 10.1. The Labute approximate surface area is 214 Å². The lowest BCUT2D eigenvalue weighted by Crippen LogP contribution is -2.45. The van der Waals surface area contributed by atoms with E-state index in [1.165, 1.54) is 4.90 Å². The number of rotatable bonds is 7. The lowest BCUT2D eigenvalue weighted by atomic mass is 9.87. The lowest BCUT2D eigenvalue weighted by Gasteiger charge is -2.36. The van der Waals surface area contributed by atoms with E-state index in [0.29, 0.717) is 12.5 Å². The Morgan fingerprint density at radius 3 is 2.14 bits per heavy atom. The summed E-state index contributed by atoms with van der Waals surface area (Å²) in [6.07, 6.45) is 1.67. The lowest BCUT2D eigenvalue weighted by molar-refractivity contribution is -0.192. The predicted molar refractivity (Wildman–Crippen MR) is 134 cm³/mol. The van der Waals surface area contributed by atoms with Crippen molar-refractivity contribution in [3.8, 4) is 17.0 Å². The molecular weight excluding hydrogens is 493 g/mol. The largest absolute Gasteiger partial charge is 0.492 e. The summed E-state index contributed by atoms with van der Waals surface area (Å²) in [6, 6.07) is 12.4. The summed E-state index contributed by atoms with van der Waals surface area (Å²) in [5.74, 6) is -1.18. The molecule has 36 heavy (non-hydrogen) atoms. The van der Waals surface area contributed by atoms with Crippen molar-refractivity contribution in [2.75, 3.05) is 26.0 Å². The van der Waals surface area contributed by atoms with Crippen LogP contribution in [0.4, 0.5) is 13.2 Å². The van der Waals surface area contributed by atoms with Crippen LogP contribution < -0.4 is 4.74 Å². The van der Waals surface area contributed by atoms with E-state index >= 15 is 0 Å². The number of hydrogen-bond acceptors (Lipinski definition) is 5. The highest BCUT2D eigenvalue weighted by Crippen LogP contribution is 2.27. The minimum Gasteiger partial charge on any atom is -0.492 e. The molecule has 0 saturated carbocycles. The van der Waals surface area contributed by atoms with Gasteiger partial charge in [0.1, 0.15) is 5.75 Å². The average molecular weight is 527 g/mol. The van der Waals surface area contributed by atoms with Crippen molar-refractivity contribution in [1.29, 1.82) is 0 Å². The number of aromatic nitrogens is 1. The van der Waals surface area contributed by atoms with Gasteiger partial charge in [0.25, 0.3) is 0 Å². The molecule has 0 atom stereocenters. The van der Waals surface area contributed by atoms with Gasteiger partial charge in [-0.15, -0.1) is 11.8 Å². The van der Waals surface area contributed by atoms with Gasteiger partial charge in [-0.05, 0) is 55.7 Å². The summed E-state index contributed by atoms with van der Waals surface area (Å²) in [5, 5.41) is 7.12. The quantitative estimate of drug-likeness (QED) is 0.436. The normalized spacial score (nSPS) is 14.6. The predicted octanol–water partition coefficient (Wildman–Crippen LogP) is 6.16. The van der Waals surface area contributed by atoms with Gasteiger partial charge in [0.2, 0.25) is 5.91 Å². The molecule has 10 heteroatoms. The van der Waals surface area contributed by atoms with Crippen molar-refractivity contribution in [3.05, 3.63) is 42.6 Å². The molecule has 1 aliphatic rings. The zero-order valence-electron chi connectivity index (χ0n) is 21.0. The van der Waals surface area contributed by atoms with E-state index < -0.39 is 12.1 Å². The summed E-state index contributed by atoms with van der Waals surface area (Å²) in [6.45, 7) is 8.51. The molecule has 0 bridgehead atoms. The molecule has 0 unspecified atom stereocenters. The number of aliphatic carboxylic acids is 1. The van der Waals surface area contributed by atoms with Crippen LogP contribution in [0.25, 0.3) is 11.3 Å². The van der Waals surface area contributed by atoms with Crippen molar-refractivity contribution in [3.63, 3.8) is 0 Å². The van der Waals surface area contributed by atoms with Gasteiger partial charge in [-0.25, -0.2) is 4.79 Å². The molecule has 1 aliphatic heterocycles. The number of nitrogens with zero attached hydrogens (tertiary/aromatic N) is 2. The van der Waals surface area contributed by atoms with Crippen molar-refractivity contribution < 1.29 is 32.6 Å². The number of carboxylic acid groups (broad SMARTS) is 1. The number of pyridine rings is 1. The van der Waals surface area contributed by atoms with Crippen LogP contribution >= 0.6 is 11.8 Å². The highest BCUT2D eigenvalue weighted by atomic mass is 32.2. The van der Waals surface area contributed by atoms with Crippen LogP contribution in [0.1, 0.15) is 40.0 Å². The molecule has 3 rings (SSSR count). The minimum absolute atomic E-state index is 0.257. The number of halogens is 3. The molecule has 1 amide bonds. The summed E-state index contributed by atoms with van der Waals surface area (Å²) in [7, 11) is 0. The third kappa shape index (κ3) is 8.72. The van der Waals surface area contributed by atoms with E-state index in [2.05, 4.69) is 42.4 Å². The number of piperidine rings is 1. The van der Waals surface area contributed by atoms with Crippen molar-refractivity contribution in [2.24, 2.45) is 11.3 Å².